The fourth-order valence-corrected chi connectivity index (χ4v) is 2.44. The molecule has 1 amide bonds. The van der Waals surface area contributed by atoms with Crippen molar-refractivity contribution in [2.45, 2.75) is 38.3 Å². The summed E-state index contributed by atoms with van der Waals surface area (Å²) in [6, 6.07) is -0.0167. The molecule has 1 aliphatic carbocycles. The highest BCUT2D eigenvalue weighted by Crippen LogP contribution is 2.22. The third-order valence-electron chi connectivity index (χ3n) is 3.58. The third-order valence-corrected chi connectivity index (χ3v) is 3.58. The summed E-state index contributed by atoms with van der Waals surface area (Å²) in [6.45, 7) is 3.89. The molecule has 4 nitrogen and oxygen atoms in total. The lowest BCUT2D eigenvalue weighted by Gasteiger charge is -2.35. The summed E-state index contributed by atoms with van der Waals surface area (Å²) in [7, 11) is 0. The second-order valence-electron chi connectivity index (χ2n) is 5.08. The van der Waals surface area contributed by atoms with Gasteiger partial charge in [-0.2, -0.15) is 0 Å². The maximum atomic E-state index is 12.1. The van der Waals surface area contributed by atoms with Crippen LogP contribution in [-0.4, -0.2) is 42.6 Å². The minimum absolute atomic E-state index is 0.00757. The van der Waals surface area contributed by atoms with Crippen LogP contribution < -0.4 is 5.73 Å². The zero-order valence-electron chi connectivity index (χ0n) is 10.5. The maximum absolute atomic E-state index is 12.1. The first kappa shape index (κ1) is 12.6. The number of nitrogens with zero attached hydrogens (tertiary/aromatic N) is 1. The number of allylic oxidation sites excluding steroid dienone is 2. The van der Waals surface area contributed by atoms with Gasteiger partial charge in [0.05, 0.1) is 12.7 Å². The lowest BCUT2D eigenvalue weighted by Crippen LogP contribution is -2.51. The molecule has 17 heavy (non-hydrogen) atoms. The van der Waals surface area contributed by atoms with Gasteiger partial charge in [-0.1, -0.05) is 12.2 Å². The molecule has 2 aliphatic rings. The molecule has 2 rings (SSSR count). The number of carbonyl (C=O) groups excluding carboxylic acids is 1. The summed E-state index contributed by atoms with van der Waals surface area (Å²) >= 11 is 0. The highest BCUT2D eigenvalue weighted by atomic mass is 16.5. The molecular formula is C13H22N2O2. The van der Waals surface area contributed by atoms with Crippen LogP contribution in [-0.2, 0) is 9.53 Å². The Bertz CT molecular complexity index is 302. The van der Waals surface area contributed by atoms with E-state index in [0.29, 0.717) is 32.0 Å². The Hall–Kier alpha value is -0.870. The van der Waals surface area contributed by atoms with Crippen LogP contribution in [0.2, 0.25) is 0 Å². The van der Waals surface area contributed by atoms with E-state index in [1.807, 2.05) is 11.8 Å². The second-order valence-corrected chi connectivity index (χ2v) is 5.08. The largest absolute Gasteiger partial charge is 0.373 e. The summed E-state index contributed by atoms with van der Waals surface area (Å²) in [6.07, 6.45) is 7.20. The third kappa shape index (κ3) is 3.30. The van der Waals surface area contributed by atoms with Crippen molar-refractivity contribution in [1.82, 2.24) is 4.90 Å². The Morgan fingerprint density at radius 2 is 2.47 bits per heavy atom. The molecular weight excluding hydrogens is 216 g/mol. The molecule has 1 fully saturated rings. The van der Waals surface area contributed by atoms with Crippen molar-refractivity contribution < 1.29 is 9.53 Å². The summed E-state index contributed by atoms with van der Waals surface area (Å²) in [5.41, 5.74) is 5.82. The smallest absolute Gasteiger partial charge is 0.223 e. The second kappa shape index (κ2) is 5.65. The first-order valence-electron chi connectivity index (χ1n) is 6.48. The first-order chi connectivity index (χ1) is 8.16. The quantitative estimate of drug-likeness (QED) is 0.744. The standard InChI is InChI=1S/C13H22N2O2/c1-10(14)12-9-15(6-7-17-12)13(16)8-11-4-2-3-5-11/h2,4,10-12H,3,5-9,14H2,1H3. The van der Waals surface area contributed by atoms with Gasteiger partial charge in [0.15, 0.2) is 0 Å². The van der Waals surface area contributed by atoms with E-state index >= 15 is 0 Å². The van der Waals surface area contributed by atoms with Crippen molar-refractivity contribution in [2.75, 3.05) is 19.7 Å². The minimum atomic E-state index is -0.0167. The average Bonchev–Trinajstić information content (AvgIpc) is 2.82. The van der Waals surface area contributed by atoms with Gasteiger partial charge in [0, 0.05) is 25.6 Å². The number of ether oxygens (including phenoxy) is 1. The van der Waals surface area contributed by atoms with Crippen LogP contribution in [0.5, 0.6) is 0 Å². The van der Waals surface area contributed by atoms with Gasteiger partial charge in [-0.3, -0.25) is 4.79 Å². The monoisotopic (exact) mass is 238 g/mol. The number of carbonyl (C=O) groups is 1. The summed E-state index contributed by atoms with van der Waals surface area (Å²) < 4.78 is 5.56. The van der Waals surface area contributed by atoms with Crippen LogP contribution in [0.1, 0.15) is 26.2 Å². The fraction of sp³-hybridized carbons (Fsp3) is 0.769. The Morgan fingerprint density at radius 3 is 3.12 bits per heavy atom. The predicted molar refractivity (Wildman–Crippen MR) is 66.5 cm³/mol. The lowest BCUT2D eigenvalue weighted by atomic mass is 10.0. The van der Waals surface area contributed by atoms with Gasteiger partial charge in [-0.25, -0.2) is 0 Å². The SMILES string of the molecule is CC(N)C1CN(C(=O)CC2C=CCC2)CCO1. The Morgan fingerprint density at radius 1 is 1.65 bits per heavy atom. The molecule has 0 aromatic rings. The predicted octanol–water partition coefficient (Wildman–Crippen LogP) is 0.917. The van der Waals surface area contributed by atoms with Crippen molar-refractivity contribution in [3.8, 4) is 0 Å². The van der Waals surface area contributed by atoms with Gasteiger partial charge >= 0.3 is 0 Å². The molecule has 0 aromatic carbocycles. The molecule has 2 N–H and O–H groups in total. The Kier molecular flexibility index (Phi) is 4.18. The van der Waals surface area contributed by atoms with Crippen LogP contribution >= 0.6 is 0 Å². The topological polar surface area (TPSA) is 55.6 Å². The van der Waals surface area contributed by atoms with Gasteiger partial charge < -0.3 is 15.4 Å². The van der Waals surface area contributed by atoms with E-state index in [1.54, 1.807) is 0 Å². The van der Waals surface area contributed by atoms with E-state index in [4.69, 9.17) is 10.5 Å². The molecule has 3 unspecified atom stereocenters. The van der Waals surface area contributed by atoms with Crippen molar-refractivity contribution >= 4 is 5.91 Å². The van der Waals surface area contributed by atoms with Gasteiger partial charge in [0.2, 0.25) is 5.91 Å². The van der Waals surface area contributed by atoms with Crippen LogP contribution in [0.15, 0.2) is 12.2 Å². The van der Waals surface area contributed by atoms with E-state index in [1.165, 1.54) is 0 Å². The Balaban J connectivity index is 1.83. The normalized spacial score (nSPS) is 30.6. The lowest BCUT2D eigenvalue weighted by molar-refractivity contribution is -0.140. The highest BCUT2D eigenvalue weighted by molar-refractivity contribution is 5.76. The van der Waals surface area contributed by atoms with Crippen molar-refractivity contribution in [1.29, 1.82) is 0 Å². The number of morpholine rings is 1. The molecule has 0 radical (unpaired) electrons. The molecule has 0 saturated carbocycles. The van der Waals surface area contributed by atoms with Crippen LogP contribution in [0.25, 0.3) is 0 Å². The molecule has 1 saturated heterocycles. The first-order valence-corrected chi connectivity index (χ1v) is 6.48. The molecule has 0 spiro atoms. The molecule has 4 heteroatoms. The number of nitrogens with two attached hydrogens (primary N) is 1. The van der Waals surface area contributed by atoms with Gasteiger partial charge in [0.1, 0.15) is 0 Å². The van der Waals surface area contributed by atoms with E-state index < -0.39 is 0 Å². The van der Waals surface area contributed by atoms with Crippen LogP contribution in [0.4, 0.5) is 0 Å². The van der Waals surface area contributed by atoms with Gasteiger partial charge in [0.25, 0.3) is 0 Å². The van der Waals surface area contributed by atoms with Crippen LogP contribution in [0, 0.1) is 5.92 Å². The van der Waals surface area contributed by atoms with Gasteiger partial charge in [-0.05, 0) is 25.7 Å². The average molecular weight is 238 g/mol. The Labute approximate surface area is 103 Å². The zero-order valence-corrected chi connectivity index (χ0v) is 10.5. The fourth-order valence-electron chi connectivity index (χ4n) is 2.44. The minimum Gasteiger partial charge on any atom is -0.373 e. The summed E-state index contributed by atoms with van der Waals surface area (Å²) in [5, 5.41) is 0. The molecule has 96 valence electrons. The van der Waals surface area contributed by atoms with Crippen molar-refractivity contribution in [3.63, 3.8) is 0 Å². The summed E-state index contributed by atoms with van der Waals surface area (Å²) in [4.78, 5) is 14.0. The van der Waals surface area contributed by atoms with Crippen molar-refractivity contribution in [2.24, 2.45) is 11.7 Å². The van der Waals surface area contributed by atoms with Gasteiger partial charge in [-0.15, -0.1) is 0 Å². The number of rotatable bonds is 3. The molecule has 3 atom stereocenters. The van der Waals surface area contributed by atoms with Crippen molar-refractivity contribution in [3.05, 3.63) is 12.2 Å². The maximum Gasteiger partial charge on any atom is 0.223 e. The van der Waals surface area contributed by atoms with E-state index in [2.05, 4.69) is 12.2 Å². The van der Waals surface area contributed by atoms with Crippen LogP contribution in [0.3, 0.4) is 0 Å². The van der Waals surface area contributed by atoms with E-state index in [9.17, 15) is 4.79 Å². The molecule has 1 heterocycles. The molecule has 0 bridgehead atoms. The molecule has 0 aromatic heterocycles. The highest BCUT2D eigenvalue weighted by Gasteiger charge is 2.27. The number of hydrogen-bond donors (Lipinski definition) is 1. The zero-order chi connectivity index (χ0) is 12.3. The molecule has 1 aliphatic heterocycles. The van der Waals surface area contributed by atoms with E-state index in [0.717, 1.165) is 12.8 Å². The van der Waals surface area contributed by atoms with E-state index in [-0.39, 0.29) is 18.1 Å². The number of hydrogen-bond acceptors (Lipinski definition) is 3. The summed E-state index contributed by atoms with van der Waals surface area (Å²) in [5.74, 6) is 0.689. The number of amides is 1.